The molecule has 1 unspecified atom stereocenters. The van der Waals surface area contributed by atoms with Gasteiger partial charge in [0.15, 0.2) is 0 Å². The maximum absolute atomic E-state index is 9.74. The van der Waals surface area contributed by atoms with Crippen LogP contribution in [0.25, 0.3) is 0 Å². The van der Waals surface area contributed by atoms with Crippen molar-refractivity contribution in [1.29, 1.82) is 0 Å². The van der Waals surface area contributed by atoms with E-state index in [1.54, 1.807) is 0 Å². The van der Waals surface area contributed by atoms with Crippen LogP contribution in [-0.2, 0) is 12.8 Å². The van der Waals surface area contributed by atoms with Crippen LogP contribution >= 0.6 is 0 Å². The van der Waals surface area contributed by atoms with Crippen molar-refractivity contribution >= 4 is 0 Å². The Morgan fingerprint density at radius 2 is 1.83 bits per heavy atom. The number of hydrogen-bond acceptors (Lipinski definition) is 2. The van der Waals surface area contributed by atoms with Gasteiger partial charge in [-0.3, -0.25) is 0 Å². The van der Waals surface area contributed by atoms with Crippen molar-refractivity contribution in [2.24, 2.45) is 17.1 Å². The Kier molecular flexibility index (Phi) is 4.41. The summed E-state index contributed by atoms with van der Waals surface area (Å²) in [5.74, 6) is 0.801. The van der Waals surface area contributed by atoms with Crippen molar-refractivity contribution in [2.45, 2.75) is 39.0 Å². The number of aliphatic hydroxyl groups is 1. The van der Waals surface area contributed by atoms with E-state index < -0.39 is 0 Å². The molecule has 1 fully saturated rings. The number of hydrogen-bond donors (Lipinski definition) is 2. The summed E-state index contributed by atoms with van der Waals surface area (Å²) in [5.41, 5.74) is 8.50. The number of rotatable bonds is 7. The fourth-order valence-corrected chi connectivity index (χ4v) is 2.67. The second-order valence-corrected chi connectivity index (χ2v) is 5.86. The lowest BCUT2D eigenvalue weighted by Crippen LogP contribution is -2.37. The van der Waals surface area contributed by atoms with Gasteiger partial charge in [0.25, 0.3) is 0 Å². The lowest BCUT2D eigenvalue weighted by atomic mass is 9.77. The first-order chi connectivity index (χ1) is 8.71. The summed E-state index contributed by atoms with van der Waals surface area (Å²) in [5, 5.41) is 9.74. The zero-order valence-electron chi connectivity index (χ0n) is 11.4. The summed E-state index contributed by atoms with van der Waals surface area (Å²) in [7, 11) is 0. The molecule has 0 amide bonds. The highest BCUT2D eigenvalue weighted by atomic mass is 16.3. The molecule has 1 aromatic rings. The van der Waals surface area contributed by atoms with E-state index in [4.69, 9.17) is 5.73 Å². The van der Waals surface area contributed by atoms with Gasteiger partial charge in [-0.05, 0) is 36.3 Å². The van der Waals surface area contributed by atoms with Crippen LogP contribution in [0.15, 0.2) is 24.3 Å². The van der Waals surface area contributed by atoms with Crippen molar-refractivity contribution in [1.82, 2.24) is 0 Å². The van der Waals surface area contributed by atoms with Gasteiger partial charge < -0.3 is 10.8 Å². The molecule has 0 bridgehead atoms. The molecule has 1 saturated carbocycles. The number of benzene rings is 1. The van der Waals surface area contributed by atoms with E-state index in [9.17, 15) is 5.11 Å². The summed E-state index contributed by atoms with van der Waals surface area (Å²) in [6.45, 7) is 2.95. The third-order valence-corrected chi connectivity index (χ3v) is 4.20. The molecule has 1 atom stereocenters. The zero-order chi connectivity index (χ0) is 13.0. The quantitative estimate of drug-likeness (QED) is 0.777. The van der Waals surface area contributed by atoms with Gasteiger partial charge in [-0.1, -0.05) is 44.0 Å². The predicted molar refractivity (Wildman–Crippen MR) is 75.4 cm³/mol. The Bertz CT molecular complexity index is 363. The molecule has 3 N–H and O–H groups in total. The molecule has 1 aliphatic rings. The van der Waals surface area contributed by atoms with E-state index in [1.165, 1.54) is 24.0 Å². The molecule has 2 rings (SSSR count). The standard InChI is InChI=1S/C16H25NO/c1-2-13-3-5-14(6-4-13)9-16(11-17,12-18)10-15-7-8-15/h3-6,15,18H,2,7-12,17H2,1H3. The molecule has 1 aliphatic carbocycles. The highest BCUT2D eigenvalue weighted by Gasteiger charge is 2.35. The molecule has 0 heterocycles. The summed E-state index contributed by atoms with van der Waals surface area (Å²) < 4.78 is 0. The second kappa shape index (κ2) is 5.85. The van der Waals surface area contributed by atoms with E-state index in [0.29, 0.717) is 6.54 Å². The zero-order valence-corrected chi connectivity index (χ0v) is 11.4. The van der Waals surface area contributed by atoms with Gasteiger partial charge in [0.05, 0.1) is 6.61 Å². The molecule has 18 heavy (non-hydrogen) atoms. The van der Waals surface area contributed by atoms with Gasteiger partial charge in [0.1, 0.15) is 0 Å². The maximum Gasteiger partial charge on any atom is 0.0502 e. The van der Waals surface area contributed by atoms with Crippen LogP contribution in [0, 0.1) is 11.3 Å². The largest absolute Gasteiger partial charge is 0.396 e. The third-order valence-electron chi connectivity index (χ3n) is 4.20. The van der Waals surface area contributed by atoms with E-state index in [0.717, 1.165) is 25.2 Å². The molecular weight excluding hydrogens is 222 g/mol. The Hall–Kier alpha value is -0.860. The van der Waals surface area contributed by atoms with Crippen LogP contribution in [0.3, 0.4) is 0 Å². The van der Waals surface area contributed by atoms with E-state index >= 15 is 0 Å². The average Bonchev–Trinajstić information content (AvgIpc) is 3.22. The predicted octanol–water partition coefficient (Wildman–Crippen LogP) is 2.53. The molecule has 0 aromatic heterocycles. The molecule has 0 spiro atoms. The second-order valence-electron chi connectivity index (χ2n) is 5.86. The van der Waals surface area contributed by atoms with Crippen molar-refractivity contribution < 1.29 is 5.11 Å². The summed E-state index contributed by atoms with van der Waals surface area (Å²) in [6.07, 6.45) is 5.69. The van der Waals surface area contributed by atoms with Crippen LogP contribution in [-0.4, -0.2) is 18.3 Å². The first-order valence-electron chi connectivity index (χ1n) is 7.10. The first-order valence-corrected chi connectivity index (χ1v) is 7.10. The lowest BCUT2D eigenvalue weighted by Gasteiger charge is -2.31. The highest BCUT2D eigenvalue weighted by molar-refractivity contribution is 5.23. The minimum Gasteiger partial charge on any atom is -0.396 e. The highest BCUT2D eigenvalue weighted by Crippen LogP contribution is 2.41. The summed E-state index contributed by atoms with van der Waals surface area (Å²) in [6, 6.07) is 8.74. The molecular formula is C16H25NO. The van der Waals surface area contributed by atoms with E-state index in [2.05, 4.69) is 31.2 Å². The van der Waals surface area contributed by atoms with Crippen LogP contribution in [0.5, 0.6) is 0 Å². The maximum atomic E-state index is 9.74. The summed E-state index contributed by atoms with van der Waals surface area (Å²) in [4.78, 5) is 0. The third kappa shape index (κ3) is 3.33. The number of nitrogens with two attached hydrogens (primary N) is 1. The lowest BCUT2D eigenvalue weighted by molar-refractivity contribution is 0.115. The Morgan fingerprint density at radius 1 is 1.22 bits per heavy atom. The average molecular weight is 247 g/mol. The summed E-state index contributed by atoms with van der Waals surface area (Å²) >= 11 is 0. The van der Waals surface area contributed by atoms with Gasteiger partial charge in [-0.2, -0.15) is 0 Å². The molecule has 2 heteroatoms. The molecule has 0 radical (unpaired) electrons. The van der Waals surface area contributed by atoms with Crippen molar-refractivity contribution in [2.75, 3.05) is 13.2 Å². The fourth-order valence-electron chi connectivity index (χ4n) is 2.67. The van der Waals surface area contributed by atoms with Gasteiger partial charge in [-0.15, -0.1) is 0 Å². The monoisotopic (exact) mass is 247 g/mol. The van der Waals surface area contributed by atoms with Crippen molar-refractivity contribution in [3.05, 3.63) is 35.4 Å². The molecule has 2 nitrogen and oxygen atoms in total. The van der Waals surface area contributed by atoms with Gasteiger partial charge in [-0.25, -0.2) is 0 Å². The van der Waals surface area contributed by atoms with Crippen LogP contribution in [0.4, 0.5) is 0 Å². The topological polar surface area (TPSA) is 46.2 Å². The van der Waals surface area contributed by atoms with Crippen LogP contribution < -0.4 is 5.73 Å². The van der Waals surface area contributed by atoms with Crippen LogP contribution in [0.1, 0.15) is 37.3 Å². The first kappa shape index (κ1) is 13.6. The minimum atomic E-state index is -0.102. The smallest absolute Gasteiger partial charge is 0.0502 e. The van der Waals surface area contributed by atoms with Crippen LogP contribution in [0.2, 0.25) is 0 Å². The van der Waals surface area contributed by atoms with Gasteiger partial charge in [0, 0.05) is 12.0 Å². The fraction of sp³-hybridized carbons (Fsp3) is 0.625. The number of aryl methyl sites for hydroxylation is 1. The molecule has 1 aromatic carbocycles. The Morgan fingerprint density at radius 3 is 2.28 bits per heavy atom. The van der Waals surface area contributed by atoms with Gasteiger partial charge in [0.2, 0.25) is 0 Å². The minimum absolute atomic E-state index is 0.102. The molecule has 100 valence electrons. The normalized spacial score (nSPS) is 18.6. The SMILES string of the molecule is CCc1ccc(CC(CN)(CO)CC2CC2)cc1. The van der Waals surface area contributed by atoms with E-state index in [1.807, 2.05) is 0 Å². The van der Waals surface area contributed by atoms with Crippen molar-refractivity contribution in [3.8, 4) is 0 Å². The Labute approximate surface area is 110 Å². The molecule has 0 saturated heterocycles. The number of aliphatic hydroxyl groups excluding tert-OH is 1. The van der Waals surface area contributed by atoms with Crippen molar-refractivity contribution in [3.63, 3.8) is 0 Å². The Balaban J connectivity index is 2.06. The van der Waals surface area contributed by atoms with Gasteiger partial charge >= 0.3 is 0 Å². The van der Waals surface area contributed by atoms with E-state index in [-0.39, 0.29) is 12.0 Å². The molecule has 0 aliphatic heterocycles.